The second kappa shape index (κ2) is 9.01. The molecule has 0 radical (unpaired) electrons. The number of aromatic nitrogens is 4. The third-order valence-corrected chi connectivity index (χ3v) is 6.20. The normalized spacial score (nSPS) is 11.8. The molecule has 0 fully saturated rings. The quantitative estimate of drug-likeness (QED) is 0.398. The van der Waals surface area contributed by atoms with Crippen molar-refractivity contribution in [3.05, 3.63) is 74.6 Å². The van der Waals surface area contributed by atoms with Gasteiger partial charge in [-0.1, -0.05) is 37.9 Å². The Kier molecular flexibility index (Phi) is 6.19. The summed E-state index contributed by atoms with van der Waals surface area (Å²) in [5.74, 6) is 1.47. The van der Waals surface area contributed by atoms with Gasteiger partial charge in [-0.15, -0.1) is 0 Å². The van der Waals surface area contributed by atoms with E-state index in [1.54, 1.807) is 26.9 Å². The van der Waals surface area contributed by atoms with Crippen molar-refractivity contribution in [1.29, 1.82) is 0 Å². The zero-order valence-corrected chi connectivity index (χ0v) is 19.6. The fourth-order valence-corrected chi connectivity index (χ4v) is 4.39. The minimum atomic E-state index is 0.425. The molecular weight excluding hydrogens is 514 g/mol. The largest absolute Gasteiger partial charge is 0.497 e. The van der Waals surface area contributed by atoms with E-state index in [1.165, 1.54) is 0 Å². The number of H-pyrrole nitrogens is 1. The van der Waals surface area contributed by atoms with Gasteiger partial charge in [0, 0.05) is 26.1 Å². The molecule has 0 unspecified atom stereocenters. The summed E-state index contributed by atoms with van der Waals surface area (Å²) < 4.78 is 14.8. The van der Waals surface area contributed by atoms with Crippen LogP contribution in [0.2, 0.25) is 0 Å². The van der Waals surface area contributed by atoms with Crippen molar-refractivity contribution in [1.82, 2.24) is 19.5 Å². The van der Waals surface area contributed by atoms with E-state index >= 15 is 0 Å². The highest BCUT2D eigenvalue weighted by Gasteiger charge is 2.11. The fourth-order valence-electron chi connectivity index (χ4n) is 3.14. The first-order valence-electron chi connectivity index (χ1n) is 9.13. The summed E-state index contributed by atoms with van der Waals surface area (Å²) in [6, 6.07) is 11.7. The molecule has 9 heteroatoms. The van der Waals surface area contributed by atoms with Crippen LogP contribution in [0.25, 0.3) is 11.2 Å². The Morgan fingerprint density at radius 2 is 1.87 bits per heavy atom. The number of aromatic amines is 1. The molecule has 7 nitrogen and oxygen atoms in total. The Hall–Kier alpha value is -2.65. The molecule has 154 valence electrons. The minimum Gasteiger partial charge on any atom is -0.497 e. The van der Waals surface area contributed by atoms with Crippen LogP contribution in [-0.4, -0.2) is 33.7 Å². The van der Waals surface area contributed by atoms with Crippen LogP contribution in [0, 0.1) is 0 Å². The third-order valence-electron chi connectivity index (χ3n) is 4.72. The van der Waals surface area contributed by atoms with Gasteiger partial charge in [-0.25, -0.2) is 9.97 Å². The maximum absolute atomic E-state index is 5.46. The summed E-state index contributed by atoms with van der Waals surface area (Å²) >= 11 is 7.23. The molecule has 0 amide bonds. The number of nitrogens with zero attached hydrogens (tertiary/aromatic N) is 4. The van der Waals surface area contributed by atoms with Crippen LogP contribution < -0.4 is 15.0 Å². The van der Waals surface area contributed by atoms with Crippen molar-refractivity contribution in [3.8, 4) is 11.5 Å². The number of hydrogen-bond acceptors (Lipinski definition) is 5. The van der Waals surface area contributed by atoms with E-state index in [-0.39, 0.29) is 0 Å². The number of methoxy groups -OCH3 is 2. The van der Waals surface area contributed by atoms with Crippen LogP contribution in [-0.2, 0) is 13.1 Å². The number of imidazole rings is 1. The van der Waals surface area contributed by atoms with Gasteiger partial charge in [0.15, 0.2) is 11.1 Å². The SMILES string of the molecule is COc1ccc(CN=c2ncn(Cc3c(Br)cccc3Br)c3nc[nH]c23)c(OC)c1. The number of halogens is 2. The predicted octanol–water partition coefficient (Wildman–Crippen LogP) is 4.45. The molecule has 0 saturated carbocycles. The average Bonchev–Trinajstić information content (AvgIpc) is 3.26. The number of benzene rings is 2. The van der Waals surface area contributed by atoms with Crippen molar-refractivity contribution in [2.24, 2.45) is 4.99 Å². The summed E-state index contributed by atoms with van der Waals surface area (Å²) in [6.07, 6.45) is 3.42. The van der Waals surface area contributed by atoms with E-state index < -0.39 is 0 Å². The first-order valence-corrected chi connectivity index (χ1v) is 10.7. The first-order chi connectivity index (χ1) is 14.6. The molecule has 1 N–H and O–H groups in total. The molecule has 0 aliphatic carbocycles. The lowest BCUT2D eigenvalue weighted by Crippen LogP contribution is -2.15. The smallest absolute Gasteiger partial charge is 0.177 e. The number of nitrogens with one attached hydrogen (secondary N) is 1. The Bertz CT molecular complexity index is 1250. The molecule has 4 aromatic rings. The van der Waals surface area contributed by atoms with Crippen molar-refractivity contribution in [2.45, 2.75) is 13.1 Å². The standard InChI is InChI=1S/C21H19Br2N5O2/c1-29-14-7-6-13(18(8-14)30-2)9-24-20-19-21(26-11-25-19)28(12-27-20)10-15-16(22)4-3-5-17(15)23/h3-8,11-12H,9-10H2,1-2H3,(H,25,26). The van der Waals surface area contributed by atoms with Gasteiger partial charge in [0.1, 0.15) is 17.0 Å². The predicted molar refractivity (Wildman–Crippen MR) is 122 cm³/mol. The summed E-state index contributed by atoms with van der Waals surface area (Å²) in [4.78, 5) is 16.9. The lowest BCUT2D eigenvalue weighted by molar-refractivity contribution is 0.391. The van der Waals surface area contributed by atoms with Gasteiger partial charge in [0.25, 0.3) is 0 Å². The molecule has 0 aliphatic rings. The monoisotopic (exact) mass is 531 g/mol. The fraction of sp³-hybridized carbons (Fsp3) is 0.190. The van der Waals surface area contributed by atoms with Crippen LogP contribution in [0.3, 0.4) is 0 Å². The van der Waals surface area contributed by atoms with Gasteiger partial charge in [0.05, 0.1) is 40.0 Å². The summed E-state index contributed by atoms with van der Waals surface area (Å²) in [6.45, 7) is 1.04. The highest BCUT2D eigenvalue weighted by atomic mass is 79.9. The summed E-state index contributed by atoms with van der Waals surface area (Å²) in [5.41, 5.74) is 4.23. The topological polar surface area (TPSA) is 77.3 Å². The van der Waals surface area contributed by atoms with E-state index in [1.807, 2.05) is 41.0 Å². The lowest BCUT2D eigenvalue weighted by atomic mass is 10.2. The van der Waals surface area contributed by atoms with Gasteiger partial charge in [-0.05, 0) is 24.3 Å². The third kappa shape index (κ3) is 4.13. The van der Waals surface area contributed by atoms with E-state index in [2.05, 4.69) is 51.8 Å². The average molecular weight is 533 g/mol. The van der Waals surface area contributed by atoms with Crippen LogP contribution in [0.15, 0.2) is 63.0 Å². The maximum atomic E-state index is 5.46. The molecule has 4 rings (SSSR count). The Labute approximate surface area is 190 Å². The van der Waals surface area contributed by atoms with Gasteiger partial charge in [0.2, 0.25) is 0 Å². The lowest BCUT2D eigenvalue weighted by Gasteiger charge is -2.11. The summed E-state index contributed by atoms with van der Waals surface area (Å²) in [7, 11) is 3.26. The molecule has 0 spiro atoms. The van der Waals surface area contributed by atoms with E-state index in [0.717, 1.165) is 42.7 Å². The molecule has 0 bridgehead atoms. The highest BCUT2D eigenvalue weighted by molar-refractivity contribution is 9.11. The Balaban J connectivity index is 1.69. The second-order valence-corrected chi connectivity index (χ2v) is 8.20. The van der Waals surface area contributed by atoms with E-state index in [9.17, 15) is 0 Å². The highest BCUT2D eigenvalue weighted by Crippen LogP contribution is 2.27. The molecule has 2 aromatic heterocycles. The van der Waals surface area contributed by atoms with Crippen LogP contribution in [0.5, 0.6) is 11.5 Å². The van der Waals surface area contributed by atoms with E-state index in [4.69, 9.17) is 9.47 Å². The second-order valence-electron chi connectivity index (χ2n) is 6.49. The van der Waals surface area contributed by atoms with Crippen molar-refractivity contribution < 1.29 is 9.47 Å². The Morgan fingerprint density at radius 1 is 1.07 bits per heavy atom. The van der Waals surface area contributed by atoms with Crippen molar-refractivity contribution in [2.75, 3.05) is 14.2 Å². The van der Waals surface area contributed by atoms with Gasteiger partial charge < -0.3 is 19.0 Å². The molecule has 2 aromatic carbocycles. The molecule has 0 saturated heterocycles. The van der Waals surface area contributed by atoms with Crippen molar-refractivity contribution in [3.63, 3.8) is 0 Å². The Morgan fingerprint density at radius 3 is 2.60 bits per heavy atom. The molecule has 30 heavy (non-hydrogen) atoms. The van der Waals surface area contributed by atoms with Gasteiger partial charge in [-0.2, -0.15) is 0 Å². The minimum absolute atomic E-state index is 0.425. The number of rotatable bonds is 6. The zero-order valence-electron chi connectivity index (χ0n) is 16.4. The van der Waals surface area contributed by atoms with Crippen LogP contribution >= 0.6 is 31.9 Å². The number of hydrogen-bond donors (Lipinski definition) is 1. The van der Waals surface area contributed by atoms with E-state index in [0.29, 0.717) is 18.6 Å². The number of ether oxygens (including phenoxy) is 2. The van der Waals surface area contributed by atoms with Crippen molar-refractivity contribution >= 4 is 43.0 Å². The molecule has 2 heterocycles. The van der Waals surface area contributed by atoms with Crippen LogP contribution in [0.1, 0.15) is 11.1 Å². The first kappa shape index (κ1) is 20.6. The molecule has 0 atom stereocenters. The maximum Gasteiger partial charge on any atom is 0.177 e. The molecular formula is C21H19Br2N5O2. The summed E-state index contributed by atoms with van der Waals surface area (Å²) in [5, 5.41) is 0. The van der Waals surface area contributed by atoms with Gasteiger partial charge in [-0.3, -0.25) is 4.99 Å². The number of fused-ring (bicyclic) bond motifs is 1. The van der Waals surface area contributed by atoms with Crippen LogP contribution in [0.4, 0.5) is 0 Å². The van der Waals surface area contributed by atoms with Gasteiger partial charge >= 0.3 is 0 Å². The molecule has 0 aliphatic heterocycles. The zero-order chi connectivity index (χ0) is 21.1.